The van der Waals surface area contributed by atoms with Gasteiger partial charge in [-0.2, -0.15) is 13.2 Å². The van der Waals surface area contributed by atoms with E-state index in [1.54, 1.807) is 0 Å². The van der Waals surface area contributed by atoms with Crippen molar-refractivity contribution in [2.24, 2.45) is 0 Å². The fourth-order valence-corrected chi connectivity index (χ4v) is 11.8. The highest BCUT2D eigenvalue weighted by atomic mass is 19.4. The molecule has 0 spiro atoms. The minimum absolute atomic E-state index is 0.0893. The summed E-state index contributed by atoms with van der Waals surface area (Å²) in [6.45, 7) is 13.5. The van der Waals surface area contributed by atoms with Gasteiger partial charge in [-0.25, -0.2) is 4.79 Å². The lowest BCUT2D eigenvalue weighted by Crippen LogP contribution is -2.44. The van der Waals surface area contributed by atoms with Gasteiger partial charge in [0.1, 0.15) is 32.0 Å². The standard InChI is InChI=1S/C45H83NO6.C42H74F3NO5/c1-6-8-10-12-14-16-18-20-22-24-26-28-30-32-34-36-42(47)50-40-38-46(44(49)52-45(3,4)5)39-41-51-43(48)37-35-33-31-29-27-25-23-21-19-17-15-13-11-9-7-2;1-3-5-7-9-11-13-15-17-19-21-23-25-27-29-31-33-39(47)50-37-35-46(41(49)42(43,44)45)36-38-51-40(48)34-32-30-28-26-24-22-20-18-16-14-12-10-8-6-4-2/h20-23H,6-19,24-41H2,1-5H3;17-20H,3-16,21-38H2,1-2H3/b22-20-,23-21-;19-17-,20-18-. The van der Waals surface area contributed by atoms with E-state index >= 15 is 0 Å². The van der Waals surface area contributed by atoms with Crippen LogP contribution in [-0.4, -0.2) is 110 Å². The highest BCUT2D eigenvalue weighted by Gasteiger charge is 2.42. The zero-order valence-corrected chi connectivity index (χ0v) is 67.4. The minimum atomic E-state index is -5.07. The number of amides is 2. The number of nitrogens with zero attached hydrogens (tertiary/aromatic N) is 2. The van der Waals surface area contributed by atoms with Crippen molar-refractivity contribution in [1.29, 1.82) is 0 Å². The first-order valence-corrected chi connectivity index (χ1v) is 42.5. The molecule has 0 fully saturated rings. The second-order valence-corrected chi connectivity index (χ2v) is 29.5. The molecule has 0 bridgehead atoms. The van der Waals surface area contributed by atoms with Gasteiger partial charge in [0.05, 0.1) is 26.2 Å². The van der Waals surface area contributed by atoms with Crippen LogP contribution < -0.4 is 0 Å². The Kier molecular flexibility index (Phi) is 75.1. The van der Waals surface area contributed by atoms with Gasteiger partial charge in [-0.1, -0.05) is 282 Å². The molecular formula is C87H157F3N2O11. The maximum Gasteiger partial charge on any atom is 0.471 e. The topological polar surface area (TPSA) is 155 Å². The van der Waals surface area contributed by atoms with Crippen LogP contribution in [0.25, 0.3) is 0 Å². The Bertz CT molecular complexity index is 1960. The normalized spacial score (nSPS) is 11.8. The average molecular weight is 1460 g/mol. The van der Waals surface area contributed by atoms with Crippen LogP contribution in [0.3, 0.4) is 0 Å². The molecule has 0 atom stereocenters. The van der Waals surface area contributed by atoms with E-state index in [4.69, 9.17) is 23.7 Å². The van der Waals surface area contributed by atoms with Gasteiger partial charge < -0.3 is 33.5 Å². The van der Waals surface area contributed by atoms with Crippen LogP contribution in [0.4, 0.5) is 18.0 Å². The molecule has 602 valence electrons. The predicted molar refractivity (Wildman–Crippen MR) is 422 cm³/mol. The van der Waals surface area contributed by atoms with Crippen LogP contribution in [0.1, 0.15) is 408 Å². The van der Waals surface area contributed by atoms with Crippen molar-refractivity contribution in [3.8, 4) is 0 Å². The minimum Gasteiger partial charge on any atom is -0.464 e. The first kappa shape index (κ1) is 100. The summed E-state index contributed by atoms with van der Waals surface area (Å²) in [5.41, 5.74) is -0.656. The second kappa shape index (κ2) is 77.0. The van der Waals surface area contributed by atoms with Crippen LogP contribution in [0.15, 0.2) is 48.6 Å². The summed E-state index contributed by atoms with van der Waals surface area (Å²) in [5.74, 6) is -3.50. The van der Waals surface area contributed by atoms with Gasteiger partial charge >= 0.3 is 42.1 Å². The number of carbonyl (C=O) groups is 6. The molecule has 13 nitrogen and oxygen atoms in total. The van der Waals surface area contributed by atoms with Gasteiger partial charge in [0, 0.05) is 25.7 Å². The molecule has 0 aliphatic rings. The Morgan fingerprint density at radius 2 is 0.456 bits per heavy atom. The van der Waals surface area contributed by atoms with Crippen molar-refractivity contribution in [2.45, 2.75) is 420 Å². The molecule has 0 radical (unpaired) electrons. The molecule has 0 aromatic carbocycles. The molecule has 2 amide bonds. The molecule has 0 aliphatic heterocycles. The summed E-state index contributed by atoms with van der Waals surface area (Å²) in [6.07, 6.45) is 75.3. The van der Waals surface area contributed by atoms with Crippen molar-refractivity contribution in [3.05, 3.63) is 48.6 Å². The molecule has 0 saturated carbocycles. The number of unbranched alkanes of at least 4 members (excludes halogenated alkanes) is 44. The van der Waals surface area contributed by atoms with E-state index in [9.17, 15) is 41.9 Å². The van der Waals surface area contributed by atoms with E-state index in [0.29, 0.717) is 30.6 Å². The Morgan fingerprint density at radius 3 is 0.650 bits per heavy atom. The van der Waals surface area contributed by atoms with E-state index in [2.05, 4.69) is 76.3 Å². The molecule has 0 rings (SSSR count). The number of allylic oxidation sites excluding steroid dienone is 8. The average Bonchev–Trinajstić information content (AvgIpc) is 0.878. The molecule has 0 aromatic rings. The van der Waals surface area contributed by atoms with Gasteiger partial charge in [0.2, 0.25) is 0 Å². The third kappa shape index (κ3) is 78.3. The lowest BCUT2D eigenvalue weighted by Gasteiger charge is -2.27. The Morgan fingerprint density at radius 1 is 0.272 bits per heavy atom. The molecular weight excluding hydrogens is 1310 g/mol. The molecule has 0 saturated heterocycles. The summed E-state index contributed by atoms with van der Waals surface area (Å²) >= 11 is 0. The maximum atomic E-state index is 13.1. The molecule has 0 heterocycles. The molecule has 16 heteroatoms. The van der Waals surface area contributed by atoms with Crippen LogP contribution in [0.2, 0.25) is 0 Å². The molecule has 0 aromatic heterocycles. The Labute approximate surface area is 629 Å². The summed E-state index contributed by atoms with van der Waals surface area (Å²) in [6, 6.07) is 0. The van der Waals surface area contributed by atoms with E-state index in [0.717, 1.165) is 128 Å². The van der Waals surface area contributed by atoms with E-state index in [-0.39, 0.29) is 64.3 Å². The number of esters is 4. The molecule has 0 aliphatic carbocycles. The summed E-state index contributed by atoms with van der Waals surface area (Å²) in [4.78, 5) is 75.4. The largest absolute Gasteiger partial charge is 0.471 e. The van der Waals surface area contributed by atoms with Gasteiger partial charge in [-0.15, -0.1) is 0 Å². The fraction of sp³-hybridized carbons (Fsp3) is 0.839. The van der Waals surface area contributed by atoms with Crippen molar-refractivity contribution >= 4 is 35.9 Å². The van der Waals surface area contributed by atoms with E-state index in [1.165, 1.54) is 198 Å². The van der Waals surface area contributed by atoms with Crippen molar-refractivity contribution in [2.75, 3.05) is 52.6 Å². The predicted octanol–water partition coefficient (Wildman–Crippen LogP) is 25.9. The van der Waals surface area contributed by atoms with Gasteiger partial charge in [-0.05, 0) is 149 Å². The van der Waals surface area contributed by atoms with Crippen LogP contribution >= 0.6 is 0 Å². The number of hydrogen-bond acceptors (Lipinski definition) is 11. The highest BCUT2D eigenvalue weighted by Crippen LogP contribution is 2.20. The Hall–Kier alpha value is -4.63. The van der Waals surface area contributed by atoms with Crippen LogP contribution in [0, 0.1) is 0 Å². The molecule has 103 heavy (non-hydrogen) atoms. The lowest BCUT2D eigenvalue weighted by atomic mass is 10.1. The van der Waals surface area contributed by atoms with Crippen molar-refractivity contribution < 1.29 is 65.6 Å². The molecule has 0 N–H and O–H groups in total. The monoisotopic (exact) mass is 1460 g/mol. The second-order valence-electron chi connectivity index (χ2n) is 29.5. The molecule has 0 unspecified atom stereocenters. The smallest absolute Gasteiger partial charge is 0.464 e. The van der Waals surface area contributed by atoms with Gasteiger partial charge in [0.25, 0.3) is 0 Å². The maximum absolute atomic E-state index is 13.1. The van der Waals surface area contributed by atoms with Crippen molar-refractivity contribution in [3.63, 3.8) is 0 Å². The SMILES string of the molecule is CCCCCCCC/C=C\CCCCCCCC(=O)OCCN(CCOC(=O)CCCCCCC/C=C\CCCCCCCC)C(=O)C(F)(F)F.CCCCCCCC/C=C\CCCCCCCC(=O)OCCN(CCOC(=O)CCCCCCC/C=C\CCCCCCCC)C(=O)OC(C)(C)C. The van der Waals surface area contributed by atoms with Gasteiger partial charge in [-0.3, -0.25) is 24.0 Å². The third-order valence-electron chi connectivity index (χ3n) is 18.2. The zero-order chi connectivity index (χ0) is 76.1. The summed E-state index contributed by atoms with van der Waals surface area (Å²) in [7, 11) is 0. The highest BCUT2D eigenvalue weighted by molar-refractivity contribution is 5.82. The van der Waals surface area contributed by atoms with Crippen LogP contribution in [0.5, 0.6) is 0 Å². The number of carbonyl (C=O) groups excluding carboxylic acids is 6. The number of rotatable bonds is 72. The van der Waals surface area contributed by atoms with E-state index in [1.807, 2.05) is 20.8 Å². The van der Waals surface area contributed by atoms with Crippen LogP contribution in [-0.2, 0) is 47.7 Å². The zero-order valence-electron chi connectivity index (χ0n) is 67.4. The quantitative estimate of drug-likeness (QED) is 0.0247. The summed E-state index contributed by atoms with van der Waals surface area (Å²) in [5, 5.41) is 0. The van der Waals surface area contributed by atoms with Gasteiger partial charge in [0.15, 0.2) is 0 Å². The third-order valence-corrected chi connectivity index (χ3v) is 18.2. The number of ether oxygens (including phenoxy) is 5. The first-order valence-electron chi connectivity index (χ1n) is 42.5. The van der Waals surface area contributed by atoms with Crippen molar-refractivity contribution in [1.82, 2.24) is 9.80 Å². The Balaban J connectivity index is 0. The van der Waals surface area contributed by atoms with E-state index < -0.39 is 48.8 Å². The lowest BCUT2D eigenvalue weighted by molar-refractivity contribution is -0.187. The first-order chi connectivity index (χ1) is 49.9. The summed E-state index contributed by atoms with van der Waals surface area (Å²) < 4.78 is 66.0. The number of halogens is 3. The number of hydrogen-bond donors (Lipinski definition) is 0. The fourth-order valence-electron chi connectivity index (χ4n) is 11.8. The number of alkyl halides is 3.